The summed E-state index contributed by atoms with van der Waals surface area (Å²) in [6.45, 7) is 4.34. The molecule has 0 amide bonds. The minimum Gasteiger partial charge on any atom is -0.367 e. The van der Waals surface area contributed by atoms with E-state index >= 15 is 0 Å². The molecule has 0 saturated heterocycles. The first-order chi connectivity index (χ1) is 23.0. The molecule has 1 aliphatic rings. The zero-order valence-electron chi connectivity index (χ0n) is 28.2. The van der Waals surface area contributed by atoms with E-state index in [4.69, 9.17) is 10.1 Å². The number of nitrogens with one attached hydrogen (secondary N) is 3. The van der Waals surface area contributed by atoms with Crippen LogP contribution in [-0.2, 0) is 6.54 Å². The maximum atomic E-state index is 5.39. The van der Waals surface area contributed by atoms with Crippen molar-refractivity contribution in [3.63, 3.8) is 0 Å². The number of benzene rings is 2. The maximum Gasteiger partial charge on any atom is 0.180 e. The Bertz CT molecular complexity index is 1700. The van der Waals surface area contributed by atoms with Crippen LogP contribution in [0.15, 0.2) is 48.5 Å². The van der Waals surface area contributed by atoms with Crippen LogP contribution in [0.2, 0.25) is 0 Å². The largest absolute Gasteiger partial charge is 0.367 e. The molecule has 1 aliphatic carbocycles. The van der Waals surface area contributed by atoms with Crippen LogP contribution >= 0.6 is 0 Å². The van der Waals surface area contributed by atoms with Gasteiger partial charge in [-0.25, -0.2) is 10.1 Å². The summed E-state index contributed by atoms with van der Waals surface area (Å²) in [5, 5.41) is 31.3. The lowest BCUT2D eigenvalue weighted by molar-refractivity contribution is 0.405. The number of tetrazole rings is 1. The van der Waals surface area contributed by atoms with Crippen molar-refractivity contribution in [1.82, 2.24) is 50.2 Å². The third-order valence-electron chi connectivity index (χ3n) is 8.95. The summed E-state index contributed by atoms with van der Waals surface area (Å²) in [4.78, 5) is 9.80. The van der Waals surface area contributed by atoms with Gasteiger partial charge in [-0.15, -0.1) is 15.3 Å². The number of hydrogen-bond donors (Lipinski definition) is 3. The van der Waals surface area contributed by atoms with Gasteiger partial charge in [0.1, 0.15) is 16.9 Å². The molecule has 12 nitrogen and oxygen atoms in total. The molecule has 248 valence electrons. The summed E-state index contributed by atoms with van der Waals surface area (Å²) in [7, 11) is 8.42. The number of aromatic amines is 1. The van der Waals surface area contributed by atoms with Crippen molar-refractivity contribution >= 4 is 22.7 Å². The molecule has 3 aromatic heterocycles. The molecule has 47 heavy (non-hydrogen) atoms. The Hall–Kier alpha value is -4.42. The summed E-state index contributed by atoms with van der Waals surface area (Å²) in [5.74, 6) is 3.79. The molecule has 2 aromatic carbocycles. The minimum atomic E-state index is 0.418. The van der Waals surface area contributed by atoms with E-state index in [-0.39, 0.29) is 0 Å². The van der Waals surface area contributed by atoms with Gasteiger partial charge in [0.15, 0.2) is 17.5 Å². The van der Waals surface area contributed by atoms with Crippen LogP contribution in [0.25, 0.3) is 33.5 Å². The molecular formula is C35H48N12. The second-order valence-electron chi connectivity index (χ2n) is 13.1. The Balaban J connectivity index is 1.36. The normalized spacial score (nSPS) is 14.0. The van der Waals surface area contributed by atoms with E-state index in [0.29, 0.717) is 18.3 Å². The molecule has 3 N–H and O–H groups in total. The van der Waals surface area contributed by atoms with E-state index in [1.54, 1.807) is 0 Å². The average molecular weight is 637 g/mol. The molecular weight excluding hydrogens is 588 g/mol. The van der Waals surface area contributed by atoms with Crippen molar-refractivity contribution in [3.8, 4) is 22.5 Å². The first kappa shape index (κ1) is 32.5. The van der Waals surface area contributed by atoms with Crippen molar-refractivity contribution in [2.75, 3.05) is 65.0 Å². The van der Waals surface area contributed by atoms with Gasteiger partial charge in [-0.1, -0.05) is 67.8 Å². The minimum absolute atomic E-state index is 0.418. The molecule has 0 radical (unpaired) electrons. The first-order valence-electron chi connectivity index (χ1n) is 16.9. The fraction of sp³-hybridized carbons (Fsp3) is 0.486. The van der Waals surface area contributed by atoms with Crippen molar-refractivity contribution < 1.29 is 0 Å². The Morgan fingerprint density at radius 3 is 2.11 bits per heavy atom. The molecule has 0 spiro atoms. The number of rotatable bonds is 15. The van der Waals surface area contributed by atoms with Gasteiger partial charge >= 0.3 is 0 Å². The van der Waals surface area contributed by atoms with Crippen LogP contribution in [0.1, 0.15) is 62.3 Å². The predicted octanol–water partition coefficient (Wildman–Crippen LogP) is 5.50. The highest BCUT2D eigenvalue weighted by Crippen LogP contribution is 2.37. The summed E-state index contributed by atoms with van der Waals surface area (Å²) in [6, 6.07) is 17.0. The Kier molecular flexibility index (Phi) is 10.7. The van der Waals surface area contributed by atoms with Crippen LogP contribution in [0.3, 0.4) is 0 Å². The lowest BCUT2D eigenvalue weighted by Gasteiger charge is -2.22. The van der Waals surface area contributed by atoms with Gasteiger partial charge in [-0.3, -0.25) is 0 Å². The van der Waals surface area contributed by atoms with Gasteiger partial charge < -0.3 is 25.0 Å². The van der Waals surface area contributed by atoms with Gasteiger partial charge in [0, 0.05) is 31.1 Å². The molecule has 3 heterocycles. The average Bonchev–Trinajstić information content (AvgIpc) is 3.76. The van der Waals surface area contributed by atoms with Gasteiger partial charge in [-0.05, 0) is 94.1 Å². The highest BCUT2D eigenvalue weighted by molar-refractivity contribution is 5.94. The number of imidazole rings is 1. The molecule has 6 rings (SSSR count). The molecule has 0 aliphatic heterocycles. The molecule has 0 atom stereocenters. The second-order valence-corrected chi connectivity index (χ2v) is 13.1. The van der Waals surface area contributed by atoms with Crippen LogP contribution in [0.5, 0.6) is 0 Å². The summed E-state index contributed by atoms with van der Waals surface area (Å²) < 4.78 is 2.42. The fourth-order valence-corrected chi connectivity index (χ4v) is 6.53. The third kappa shape index (κ3) is 7.94. The lowest BCUT2D eigenvalue weighted by atomic mass is 9.88. The molecule has 5 aromatic rings. The topological polar surface area (TPSA) is 129 Å². The van der Waals surface area contributed by atoms with E-state index in [1.165, 1.54) is 24.8 Å². The van der Waals surface area contributed by atoms with Crippen molar-refractivity contribution in [3.05, 3.63) is 59.9 Å². The smallest absolute Gasteiger partial charge is 0.180 e. The van der Waals surface area contributed by atoms with Crippen molar-refractivity contribution in [2.24, 2.45) is 0 Å². The summed E-state index contributed by atoms with van der Waals surface area (Å²) >= 11 is 0. The molecule has 1 saturated carbocycles. The highest BCUT2D eigenvalue weighted by atomic mass is 15.5. The first-order valence-corrected chi connectivity index (χ1v) is 16.9. The number of fused-ring (bicyclic) bond motifs is 1. The van der Waals surface area contributed by atoms with E-state index in [1.807, 2.05) is 18.2 Å². The van der Waals surface area contributed by atoms with Gasteiger partial charge in [0.2, 0.25) is 0 Å². The summed E-state index contributed by atoms with van der Waals surface area (Å²) in [6.07, 6.45) is 8.12. The summed E-state index contributed by atoms with van der Waals surface area (Å²) in [5.41, 5.74) is 6.32. The number of H-pyrrole nitrogens is 1. The van der Waals surface area contributed by atoms with Gasteiger partial charge in [-0.2, -0.15) is 0 Å². The van der Waals surface area contributed by atoms with Crippen LogP contribution in [0.4, 0.5) is 11.6 Å². The van der Waals surface area contributed by atoms with E-state index in [9.17, 15) is 0 Å². The van der Waals surface area contributed by atoms with Gasteiger partial charge in [0.25, 0.3) is 0 Å². The Morgan fingerprint density at radius 2 is 1.45 bits per heavy atom. The quantitative estimate of drug-likeness (QED) is 0.127. The lowest BCUT2D eigenvalue weighted by Crippen LogP contribution is -2.18. The SMILES string of the molecule is CN(C)CCCNc1nnc(NCCCN(C)C)c2c1nc(C1CCCCC1)n2Cc1ccc(-c2ccccc2-c2nnn[nH]2)cc1. The standard InChI is InChI=1S/C35H48N12/c1-45(2)22-10-20-36-33-30-31(34(40-39-33)37-21-11-23-46(3)4)47(35(38-30)27-12-6-5-7-13-27)24-25-16-18-26(19-17-25)28-14-8-9-15-29(28)32-41-43-44-42-32/h8-9,14-19,27H,5-7,10-13,20-24H2,1-4H3,(H,36,39)(H,37,40)(H,41,42,43,44). The van der Waals surface area contributed by atoms with E-state index in [0.717, 1.165) is 97.0 Å². The molecule has 12 heteroatoms. The van der Waals surface area contributed by atoms with Crippen LogP contribution in [0, 0.1) is 0 Å². The van der Waals surface area contributed by atoms with Crippen molar-refractivity contribution in [2.45, 2.75) is 57.4 Å². The highest BCUT2D eigenvalue weighted by Gasteiger charge is 2.26. The fourth-order valence-electron chi connectivity index (χ4n) is 6.53. The monoisotopic (exact) mass is 636 g/mol. The maximum absolute atomic E-state index is 5.39. The second kappa shape index (κ2) is 15.4. The van der Waals surface area contributed by atoms with Gasteiger partial charge in [0.05, 0.1) is 0 Å². The molecule has 0 bridgehead atoms. The third-order valence-corrected chi connectivity index (χ3v) is 8.95. The zero-order chi connectivity index (χ0) is 32.6. The zero-order valence-corrected chi connectivity index (χ0v) is 28.2. The number of anilines is 2. The predicted molar refractivity (Wildman–Crippen MR) is 189 cm³/mol. The molecule has 1 fully saturated rings. The number of hydrogen-bond acceptors (Lipinski definition) is 10. The molecule has 0 unspecified atom stereocenters. The van der Waals surface area contributed by atoms with Crippen molar-refractivity contribution in [1.29, 1.82) is 0 Å². The number of nitrogens with zero attached hydrogens (tertiary/aromatic N) is 9. The Morgan fingerprint density at radius 1 is 0.787 bits per heavy atom. The Labute approximate surface area is 277 Å². The van der Waals surface area contributed by atoms with Crippen LogP contribution < -0.4 is 10.6 Å². The van der Waals surface area contributed by atoms with Crippen LogP contribution in [-0.4, -0.2) is 105 Å². The van der Waals surface area contributed by atoms with E-state index < -0.39 is 0 Å². The van der Waals surface area contributed by atoms with E-state index in [2.05, 4.69) is 109 Å². The number of aromatic nitrogens is 8.